The Balaban J connectivity index is 1.66. The Morgan fingerprint density at radius 1 is 0.692 bits per heavy atom. The fourth-order valence-electron chi connectivity index (χ4n) is 4.60. The second-order valence-corrected chi connectivity index (χ2v) is 7.43. The average molecular weight is 338 g/mol. The fraction of sp³-hybridized carbons (Fsp3) is 0.167. The molecule has 0 fully saturated rings. The van der Waals surface area contributed by atoms with Crippen molar-refractivity contribution < 1.29 is 0 Å². The minimum Gasteiger partial charge on any atom is -0.364 e. The van der Waals surface area contributed by atoms with Crippen LogP contribution in [0.3, 0.4) is 0 Å². The van der Waals surface area contributed by atoms with Gasteiger partial charge in [-0.25, -0.2) is 0 Å². The van der Waals surface area contributed by atoms with E-state index in [4.69, 9.17) is 0 Å². The number of rotatable bonds is 4. The molecule has 0 unspecified atom stereocenters. The van der Waals surface area contributed by atoms with E-state index in [9.17, 15) is 0 Å². The van der Waals surface area contributed by atoms with Gasteiger partial charge in [-0.1, -0.05) is 48.5 Å². The van der Waals surface area contributed by atoms with E-state index in [1.165, 1.54) is 33.6 Å². The van der Waals surface area contributed by atoms with E-state index in [0.29, 0.717) is 5.92 Å². The van der Waals surface area contributed by atoms with Gasteiger partial charge in [0, 0.05) is 35.1 Å². The van der Waals surface area contributed by atoms with Crippen molar-refractivity contribution in [3.8, 4) is 11.1 Å². The Kier molecular flexibility index (Phi) is 3.39. The number of aromatic amines is 2. The normalized spacial score (nSPS) is 13.6. The third kappa shape index (κ3) is 2.19. The number of fused-ring (bicyclic) bond motifs is 3. The van der Waals surface area contributed by atoms with Crippen LogP contribution >= 0.6 is 0 Å². The highest BCUT2D eigenvalue weighted by molar-refractivity contribution is 5.78. The highest BCUT2D eigenvalue weighted by atomic mass is 14.8. The maximum atomic E-state index is 3.47. The van der Waals surface area contributed by atoms with Crippen molar-refractivity contribution in [1.29, 1.82) is 0 Å². The number of nitrogens with one attached hydrogen (secondary N) is 2. The van der Waals surface area contributed by atoms with Crippen molar-refractivity contribution in [2.24, 2.45) is 0 Å². The van der Waals surface area contributed by atoms with Gasteiger partial charge in [0.15, 0.2) is 0 Å². The first-order chi connectivity index (χ1) is 12.8. The molecule has 2 heteroatoms. The summed E-state index contributed by atoms with van der Waals surface area (Å²) in [6.45, 7) is 2.34. The van der Waals surface area contributed by atoms with Crippen molar-refractivity contribution in [2.45, 2.75) is 24.7 Å². The van der Waals surface area contributed by atoms with Crippen LogP contribution in [0.25, 0.3) is 11.1 Å². The molecule has 0 bridgehead atoms. The number of H-pyrrole nitrogens is 2. The van der Waals surface area contributed by atoms with Crippen LogP contribution in [-0.4, -0.2) is 9.97 Å². The van der Waals surface area contributed by atoms with Gasteiger partial charge in [0.2, 0.25) is 0 Å². The minimum atomic E-state index is -0.109. The summed E-state index contributed by atoms with van der Waals surface area (Å²) in [5.74, 6) is 0.388. The first kappa shape index (κ1) is 15.3. The summed E-state index contributed by atoms with van der Waals surface area (Å²) in [5, 5.41) is 0. The molecule has 5 rings (SSSR count). The Morgan fingerprint density at radius 3 is 1.65 bits per heavy atom. The molecule has 0 saturated carbocycles. The second-order valence-electron chi connectivity index (χ2n) is 7.43. The third-order valence-corrected chi connectivity index (χ3v) is 5.96. The molecule has 0 saturated heterocycles. The number of aromatic nitrogens is 2. The van der Waals surface area contributed by atoms with E-state index < -0.39 is 0 Å². The molecule has 26 heavy (non-hydrogen) atoms. The number of benzene rings is 2. The molecule has 128 valence electrons. The van der Waals surface area contributed by atoms with Crippen molar-refractivity contribution >= 4 is 0 Å². The summed E-state index contributed by atoms with van der Waals surface area (Å²) in [4.78, 5) is 6.94. The van der Waals surface area contributed by atoms with Crippen LogP contribution in [0.15, 0.2) is 85.2 Å². The van der Waals surface area contributed by atoms with E-state index in [2.05, 4.69) is 89.7 Å². The van der Waals surface area contributed by atoms with Crippen LogP contribution in [-0.2, 0) is 5.41 Å². The quantitative estimate of drug-likeness (QED) is 0.468. The Bertz CT molecular complexity index is 946. The van der Waals surface area contributed by atoms with Crippen LogP contribution in [0, 0.1) is 0 Å². The Labute approximate surface area is 153 Å². The van der Waals surface area contributed by atoms with E-state index >= 15 is 0 Å². The maximum absolute atomic E-state index is 3.47. The molecule has 2 aromatic carbocycles. The van der Waals surface area contributed by atoms with E-state index in [1.807, 2.05) is 12.4 Å². The molecule has 4 aromatic rings. The van der Waals surface area contributed by atoms with Gasteiger partial charge in [0.1, 0.15) is 0 Å². The molecule has 0 radical (unpaired) electrons. The molecule has 0 aliphatic heterocycles. The van der Waals surface area contributed by atoms with Gasteiger partial charge in [-0.15, -0.1) is 0 Å². The second kappa shape index (κ2) is 5.77. The first-order valence-electron chi connectivity index (χ1n) is 9.23. The molecule has 1 aliphatic rings. The van der Waals surface area contributed by atoms with E-state index in [-0.39, 0.29) is 5.41 Å². The molecule has 0 amide bonds. The smallest absolute Gasteiger partial charge is 0.0484 e. The summed E-state index contributed by atoms with van der Waals surface area (Å²) in [7, 11) is 0. The molecule has 0 spiro atoms. The van der Waals surface area contributed by atoms with Crippen LogP contribution in [0.2, 0.25) is 0 Å². The molecular formula is C24H22N2. The van der Waals surface area contributed by atoms with Gasteiger partial charge in [0.05, 0.1) is 0 Å². The van der Waals surface area contributed by atoms with Gasteiger partial charge in [-0.05, 0) is 59.9 Å². The lowest BCUT2D eigenvalue weighted by molar-refractivity contribution is 0.468. The fourth-order valence-corrected chi connectivity index (χ4v) is 4.60. The zero-order valence-corrected chi connectivity index (χ0v) is 14.9. The predicted molar refractivity (Wildman–Crippen MR) is 106 cm³/mol. The molecule has 2 nitrogen and oxygen atoms in total. The lowest BCUT2D eigenvalue weighted by atomic mass is 9.73. The summed E-state index contributed by atoms with van der Waals surface area (Å²) < 4.78 is 0. The molecule has 2 N–H and O–H groups in total. The monoisotopic (exact) mass is 338 g/mol. The molecular weight excluding hydrogens is 316 g/mol. The van der Waals surface area contributed by atoms with Crippen molar-refractivity contribution in [3.63, 3.8) is 0 Å². The lowest BCUT2D eigenvalue weighted by Gasteiger charge is -2.32. The topological polar surface area (TPSA) is 31.6 Å². The van der Waals surface area contributed by atoms with Crippen molar-refractivity contribution in [2.75, 3.05) is 0 Å². The summed E-state index contributed by atoms with van der Waals surface area (Å²) >= 11 is 0. The van der Waals surface area contributed by atoms with Crippen molar-refractivity contribution in [3.05, 3.63) is 108 Å². The summed E-state index contributed by atoms with van der Waals surface area (Å²) in [6.07, 6.45) is 5.06. The standard InChI is InChI=1S/C24H22N2/c1-24(22-12-6-14-25-22,23-13-7-15-26-23)16-21-19-10-4-2-8-17(19)18-9-3-5-11-20(18)21/h2-15,21,25-26H,16H2,1H3. The third-order valence-electron chi connectivity index (χ3n) is 5.96. The largest absolute Gasteiger partial charge is 0.364 e. The molecule has 2 heterocycles. The van der Waals surface area contributed by atoms with Gasteiger partial charge >= 0.3 is 0 Å². The zero-order valence-electron chi connectivity index (χ0n) is 14.9. The van der Waals surface area contributed by atoms with Gasteiger partial charge < -0.3 is 9.97 Å². The summed E-state index contributed by atoms with van der Waals surface area (Å²) in [5.41, 5.74) is 8.05. The van der Waals surface area contributed by atoms with Crippen LogP contribution in [0.5, 0.6) is 0 Å². The Morgan fingerprint density at radius 2 is 1.19 bits per heavy atom. The van der Waals surface area contributed by atoms with Crippen LogP contribution in [0.1, 0.15) is 41.8 Å². The molecule has 2 aromatic heterocycles. The highest BCUT2D eigenvalue weighted by Gasteiger charge is 2.38. The van der Waals surface area contributed by atoms with Crippen LogP contribution < -0.4 is 0 Å². The predicted octanol–water partition coefficient (Wildman–Crippen LogP) is 5.85. The first-order valence-corrected chi connectivity index (χ1v) is 9.23. The van der Waals surface area contributed by atoms with Crippen molar-refractivity contribution in [1.82, 2.24) is 9.97 Å². The van der Waals surface area contributed by atoms with E-state index in [1.54, 1.807) is 0 Å². The van der Waals surface area contributed by atoms with Gasteiger partial charge in [-0.2, -0.15) is 0 Å². The number of hydrogen-bond donors (Lipinski definition) is 2. The molecule has 1 aliphatic carbocycles. The SMILES string of the molecule is CC(CC1c2ccccc2-c2ccccc21)(c1ccc[nH]1)c1ccc[nH]1. The number of hydrogen-bond acceptors (Lipinski definition) is 0. The van der Waals surface area contributed by atoms with Crippen LogP contribution in [0.4, 0.5) is 0 Å². The maximum Gasteiger partial charge on any atom is 0.0484 e. The average Bonchev–Trinajstić information content (AvgIpc) is 3.44. The van der Waals surface area contributed by atoms with E-state index in [0.717, 1.165) is 6.42 Å². The lowest BCUT2D eigenvalue weighted by Crippen LogP contribution is -2.27. The highest BCUT2D eigenvalue weighted by Crippen LogP contribution is 2.50. The van der Waals surface area contributed by atoms with Gasteiger partial charge in [0.25, 0.3) is 0 Å². The van der Waals surface area contributed by atoms with Gasteiger partial charge in [-0.3, -0.25) is 0 Å². The molecule has 0 atom stereocenters. The Hall–Kier alpha value is -3.00. The zero-order chi connectivity index (χ0) is 17.6. The minimum absolute atomic E-state index is 0.109. The summed E-state index contributed by atoms with van der Waals surface area (Å²) in [6, 6.07) is 26.3.